The van der Waals surface area contributed by atoms with Crippen LogP contribution in [0.25, 0.3) is 0 Å². The Morgan fingerprint density at radius 2 is 2.21 bits per heavy atom. The van der Waals surface area contributed by atoms with Gasteiger partial charge >= 0.3 is 0 Å². The van der Waals surface area contributed by atoms with Crippen molar-refractivity contribution in [1.29, 1.82) is 0 Å². The first-order valence-electron chi connectivity index (χ1n) is 6.83. The number of nitrogens with zero attached hydrogens (tertiary/aromatic N) is 1. The predicted octanol–water partition coefficient (Wildman–Crippen LogP) is 1.27. The van der Waals surface area contributed by atoms with Crippen LogP contribution in [0.1, 0.15) is 12.0 Å². The second-order valence-electron chi connectivity index (χ2n) is 4.93. The summed E-state index contributed by atoms with van der Waals surface area (Å²) in [5.41, 5.74) is 1.16. The molecule has 1 fully saturated rings. The van der Waals surface area contributed by atoms with Crippen molar-refractivity contribution in [3.63, 3.8) is 0 Å². The van der Waals surface area contributed by atoms with Gasteiger partial charge in [-0.2, -0.15) is 0 Å². The zero-order valence-corrected chi connectivity index (χ0v) is 11.5. The number of carbonyl (C=O) groups excluding carboxylic acids is 1. The highest BCUT2D eigenvalue weighted by Gasteiger charge is 2.26. The summed E-state index contributed by atoms with van der Waals surface area (Å²) in [6.45, 7) is 3.65. The number of nitrogens with one attached hydrogen (secondary N) is 1. The minimum atomic E-state index is 0.126. The van der Waals surface area contributed by atoms with E-state index in [9.17, 15) is 4.79 Å². The Labute approximate surface area is 114 Å². The van der Waals surface area contributed by atoms with Gasteiger partial charge in [-0.15, -0.1) is 0 Å². The highest BCUT2D eigenvalue weighted by molar-refractivity contribution is 5.79. The summed E-state index contributed by atoms with van der Waals surface area (Å²) in [6.07, 6.45) is 0.942. The van der Waals surface area contributed by atoms with E-state index in [1.807, 2.05) is 23.1 Å². The smallest absolute Gasteiger partial charge is 0.227 e. The van der Waals surface area contributed by atoms with Crippen LogP contribution in [0.5, 0.6) is 0 Å². The quantitative estimate of drug-likeness (QED) is 0.839. The van der Waals surface area contributed by atoms with Gasteiger partial charge in [-0.25, -0.2) is 0 Å². The van der Waals surface area contributed by atoms with E-state index in [4.69, 9.17) is 4.74 Å². The van der Waals surface area contributed by atoms with Crippen LogP contribution in [0.15, 0.2) is 30.3 Å². The molecule has 1 N–H and O–H groups in total. The minimum absolute atomic E-state index is 0.126. The number of carbonyl (C=O) groups is 1. The molecule has 1 aliphatic heterocycles. The molecular weight excluding hydrogens is 240 g/mol. The van der Waals surface area contributed by atoms with E-state index >= 15 is 0 Å². The highest BCUT2D eigenvalue weighted by atomic mass is 16.5. The molecule has 1 saturated heterocycles. The van der Waals surface area contributed by atoms with Gasteiger partial charge in [0, 0.05) is 26.7 Å². The van der Waals surface area contributed by atoms with E-state index in [0.29, 0.717) is 19.7 Å². The van der Waals surface area contributed by atoms with E-state index in [1.54, 1.807) is 7.11 Å². The van der Waals surface area contributed by atoms with Crippen molar-refractivity contribution < 1.29 is 9.53 Å². The molecule has 0 spiro atoms. The fourth-order valence-corrected chi connectivity index (χ4v) is 2.40. The lowest BCUT2D eigenvalue weighted by atomic mass is 10.1. The maximum absolute atomic E-state index is 12.5. The molecule has 1 heterocycles. The summed E-state index contributed by atoms with van der Waals surface area (Å²) in [7, 11) is 1.67. The van der Waals surface area contributed by atoms with Crippen molar-refractivity contribution in [2.24, 2.45) is 5.92 Å². The number of ether oxygens (including phenoxy) is 1. The molecular formula is C15H22N2O2. The molecule has 0 radical (unpaired) electrons. The molecule has 4 nitrogen and oxygen atoms in total. The van der Waals surface area contributed by atoms with Crippen LogP contribution >= 0.6 is 0 Å². The van der Waals surface area contributed by atoms with Crippen LogP contribution in [-0.4, -0.2) is 44.2 Å². The molecule has 104 valence electrons. The van der Waals surface area contributed by atoms with Gasteiger partial charge in [0.1, 0.15) is 0 Å². The molecule has 1 aliphatic rings. The monoisotopic (exact) mass is 262 g/mol. The molecule has 1 aromatic carbocycles. The van der Waals surface area contributed by atoms with E-state index in [0.717, 1.165) is 25.1 Å². The van der Waals surface area contributed by atoms with Crippen molar-refractivity contribution in [2.45, 2.75) is 13.0 Å². The first-order valence-corrected chi connectivity index (χ1v) is 6.83. The third kappa shape index (κ3) is 4.04. The number of benzene rings is 1. The van der Waals surface area contributed by atoms with Crippen LogP contribution in [-0.2, 0) is 16.1 Å². The van der Waals surface area contributed by atoms with Crippen LogP contribution in [0.3, 0.4) is 0 Å². The van der Waals surface area contributed by atoms with E-state index < -0.39 is 0 Å². The predicted molar refractivity (Wildman–Crippen MR) is 74.7 cm³/mol. The summed E-state index contributed by atoms with van der Waals surface area (Å²) < 4.78 is 5.11. The van der Waals surface area contributed by atoms with E-state index in [1.165, 1.54) is 0 Å². The maximum atomic E-state index is 12.5. The Hall–Kier alpha value is -1.39. The topological polar surface area (TPSA) is 41.6 Å². The Morgan fingerprint density at radius 1 is 1.42 bits per heavy atom. The second-order valence-corrected chi connectivity index (χ2v) is 4.93. The molecule has 1 atom stereocenters. The summed E-state index contributed by atoms with van der Waals surface area (Å²) in [5, 5.41) is 3.25. The highest BCUT2D eigenvalue weighted by Crippen LogP contribution is 2.14. The SMILES string of the molecule is COCCN(Cc1ccccc1)C(=O)C1CCNC1. The number of hydrogen-bond donors (Lipinski definition) is 1. The zero-order chi connectivity index (χ0) is 13.5. The molecule has 0 aliphatic carbocycles. The van der Waals surface area contributed by atoms with Crippen molar-refractivity contribution >= 4 is 5.91 Å². The second kappa shape index (κ2) is 7.26. The van der Waals surface area contributed by atoms with Crippen LogP contribution in [0, 0.1) is 5.92 Å². The summed E-state index contributed by atoms with van der Waals surface area (Å²) in [6, 6.07) is 10.1. The molecule has 4 heteroatoms. The van der Waals surface area contributed by atoms with Crippen LogP contribution in [0.2, 0.25) is 0 Å². The van der Waals surface area contributed by atoms with Gasteiger partial charge in [0.2, 0.25) is 5.91 Å². The molecule has 0 bridgehead atoms. The average Bonchev–Trinajstić information content (AvgIpc) is 2.98. The number of hydrogen-bond acceptors (Lipinski definition) is 3. The van der Waals surface area contributed by atoms with Crippen molar-refractivity contribution in [1.82, 2.24) is 10.2 Å². The standard InChI is InChI=1S/C15H22N2O2/c1-19-10-9-17(12-13-5-3-2-4-6-13)15(18)14-7-8-16-11-14/h2-6,14,16H,7-12H2,1H3. The molecule has 1 unspecified atom stereocenters. The Bertz CT molecular complexity index is 388. The molecule has 1 aromatic rings. The number of methoxy groups -OCH3 is 1. The Kier molecular flexibility index (Phi) is 5.36. The molecule has 2 rings (SSSR count). The lowest BCUT2D eigenvalue weighted by molar-refractivity contribution is -0.136. The molecule has 19 heavy (non-hydrogen) atoms. The minimum Gasteiger partial charge on any atom is -0.383 e. The third-order valence-electron chi connectivity index (χ3n) is 3.50. The Morgan fingerprint density at radius 3 is 2.84 bits per heavy atom. The number of amides is 1. The summed E-state index contributed by atoms with van der Waals surface area (Å²) >= 11 is 0. The van der Waals surface area contributed by atoms with E-state index in [2.05, 4.69) is 17.4 Å². The van der Waals surface area contributed by atoms with Crippen molar-refractivity contribution in [3.8, 4) is 0 Å². The van der Waals surface area contributed by atoms with Gasteiger partial charge < -0.3 is 15.0 Å². The zero-order valence-electron chi connectivity index (χ0n) is 11.5. The largest absolute Gasteiger partial charge is 0.383 e. The summed E-state index contributed by atoms with van der Waals surface area (Å²) in [4.78, 5) is 14.4. The molecule has 1 amide bonds. The maximum Gasteiger partial charge on any atom is 0.227 e. The lowest BCUT2D eigenvalue weighted by Gasteiger charge is -2.25. The van der Waals surface area contributed by atoms with E-state index in [-0.39, 0.29) is 11.8 Å². The van der Waals surface area contributed by atoms with Gasteiger partial charge in [0.25, 0.3) is 0 Å². The number of rotatable bonds is 6. The normalized spacial score (nSPS) is 18.5. The van der Waals surface area contributed by atoms with Crippen LogP contribution < -0.4 is 5.32 Å². The van der Waals surface area contributed by atoms with Crippen molar-refractivity contribution in [3.05, 3.63) is 35.9 Å². The first kappa shape index (κ1) is 14.0. The fourth-order valence-electron chi connectivity index (χ4n) is 2.40. The van der Waals surface area contributed by atoms with Gasteiger partial charge in [-0.05, 0) is 18.5 Å². The fraction of sp³-hybridized carbons (Fsp3) is 0.533. The Balaban J connectivity index is 2.00. The average molecular weight is 262 g/mol. The van der Waals surface area contributed by atoms with Crippen LogP contribution in [0.4, 0.5) is 0 Å². The van der Waals surface area contributed by atoms with Crippen molar-refractivity contribution in [2.75, 3.05) is 33.4 Å². The first-order chi connectivity index (χ1) is 9.31. The summed E-state index contributed by atoms with van der Waals surface area (Å²) in [5.74, 6) is 0.367. The lowest BCUT2D eigenvalue weighted by Crippen LogP contribution is -2.38. The third-order valence-corrected chi connectivity index (χ3v) is 3.50. The van der Waals surface area contributed by atoms with Gasteiger partial charge in [0.15, 0.2) is 0 Å². The van der Waals surface area contributed by atoms with Gasteiger partial charge in [-0.3, -0.25) is 4.79 Å². The molecule has 0 saturated carbocycles. The van der Waals surface area contributed by atoms with Gasteiger partial charge in [-0.1, -0.05) is 30.3 Å². The molecule has 0 aromatic heterocycles. The van der Waals surface area contributed by atoms with Gasteiger partial charge in [0.05, 0.1) is 12.5 Å².